The number of anilines is 1. The second-order valence-electron chi connectivity index (χ2n) is 9.03. The Morgan fingerprint density at radius 3 is 2.32 bits per heavy atom. The molecule has 200 valence electrons. The van der Waals surface area contributed by atoms with Crippen LogP contribution in [0.25, 0.3) is 10.2 Å². The molecule has 1 amide bonds. The Hall–Kier alpha value is -3.31. The van der Waals surface area contributed by atoms with Crippen molar-refractivity contribution in [1.29, 1.82) is 0 Å². The predicted octanol–water partition coefficient (Wildman–Crippen LogP) is 4.72. The number of carbonyl (C=O) groups is 1. The van der Waals surface area contributed by atoms with E-state index in [4.69, 9.17) is 9.72 Å². The Morgan fingerprint density at radius 2 is 1.68 bits per heavy atom. The average Bonchev–Trinajstić information content (AvgIpc) is 3.35. The van der Waals surface area contributed by atoms with E-state index >= 15 is 0 Å². The van der Waals surface area contributed by atoms with E-state index in [0.29, 0.717) is 30.3 Å². The van der Waals surface area contributed by atoms with Crippen LogP contribution in [0.2, 0.25) is 0 Å². The van der Waals surface area contributed by atoms with E-state index in [1.54, 1.807) is 24.1 Å². The molecule has 4 aromatic rings. The fraction of sp³-hybridized carbons (Fsp3) is 0.286. The summed E-state index contributed by atoms with van der Waals surface area (Å²) in [6.45, 7) is 3.50. The number of benzene rings is 3. The number of fused-ring (bicyclic) bond motifs is 1. The summed E-state index contributed by atoms with van der Waals surface area (Å²) in [6, 6.07) is 21.3. The van der Waals surface area contributed by atoms with E-state index in [-0.39, 0.29) is 17.3 Å². The standard InChI is InChI=1S/C28H32N4O4S2/c1-5-31(20-21-9-7-6-8-10-21)38(34,35)24-14-11-22(12-15-24)27(33)32(18-17-30(2)3)28-29-25-16-13-23(36-4)19-26(25)37-28/h6-16,19H,5,17-18,20H2,1-4H3. The maximum atomic E-state index is 13.6. The van der Waals surface area contributed by atoms with Crippen LogP contribution in [0.5, 0.6) is 5.75 Å². The molecule has 38 heavy (non-hydrogen) atoms. The molecule has 0 aliphatic heterocycles. The van der Waals surface area contributed by atoms with E-state index in [9.17, 15) is 13.2 Å². The average molecular weight is 553 g/mol. The maximum Gasteiger partial charge on any atom is 0.260 e. The number of likely N-dealkylation sites (N-methyl/N-ethyl adjacent to an activating group) is 1. The molecule has 10 heteroatoms. The number of amides is 1. The molecule has 0 saturated carbocycles. The number of sulfonamides is 1. The summed E-state index contributed by atoms with van der Waals surface area (Å²) in [5, 5.41) is 0.580. The molecule has 1 heterocycles. The lowest BCUT2D eigenvalue weighted by Crippen LogP contribution is -2.36. The summed E-state index contributed by atoms with van der Waals surface area (Å²) in [4.78, 5) is 22.1. The van der Waals surface area contributed by atoms with Crippen molar-refractivity contribution in [2.45, 2.75) is 18.4 Å². The molecule has 0 spiro atoms. The predicted molar refractivity (Wildman–Crippen MR) is 153 cm³/mol. The van der Waals surface area contributed by atoms with Crippen LogP contribution in [0, 0.1) is 0 Å². The zero-order valence-electron chi connectivity index (χ0n) is 22.0. The van der Waals surface area contributed by atoms with E-state index in [1.165, 1.54) is 27.8 Å². The molecule has 8 nitrogen and oxygen atoms in total. The lowest BCUT2D eigenvalue weighted by atomic mass is 10.2. The van der Waals surface area contributed by atoms with Crippen molar-refractivity contribution < 1.29 is 17.9 Å². The highest BCUT2D eigenvalue weighted by molar-refractivity contribution is 7.89. The molecule has 0 bridgehead atoms. The molecule has 1 aromatic heterocycles. The summed E-state index contributed by atoms with van der Waals surface area (Å²) in [5.74, 6) is 0.488. The molecule has 0 atom stereocenters. The Kier molecular flexibility index (Phi) is 8.78. The molecule has 0 N–H and O–H groups in total. The Labute approximate surface area is 228 Å². The van der Waals surface area contributed by atoms with Gasteiger partial charge in [0.05, 0.1) is 22.2 Å². The van der Waals surface area contributed by atoms with Gasteiger partial charge >= 0.3 is 0 Å². The molecule has 0 radical (unpaired) electrons. The molecule has 3 aromatic carbocycles. The van der Waals surface area contributed by atoms with Crippen molar-refractivity contribution in [3.05, 3.63) is 83.9 Å². The van der Waals surface area contributed by atoms with Crippen molar-refractivity contribution in [3.63, 3.8) is 0 Å². The van der Waals surface area contributed by atoms with Crippen molar-refractivity contribution in [3.8, 4) is 5.75 Å². The molecule has 0 saturated heterocycles. The van der Waals surface area contributed by atoms with Crippen molar-refractivity contribution in [2.24, 2.45) is 0 Å². The lowest BCUT2D eigenvalue weighted by Gasteiger charge is -2.23. The number of carbonyl (C=O) groups excluding carboxylic acids is 1. The third-order valence-electron chi connectivity index (χ3n) is 6.12. The monoisotopic (exact) mass is 552 g/mol. The molecule has 0 aliphatic carbocycles. The minimum atomic E-state index is -3.73. The number of thiazole rings is 1. The zero-order chi connectivity index (χ0) is 27.3. The van der Waals surface area contributed by atoms with E-state index in [1.807, 2.05) is 74.4 Å². The Bertz CT molecular complexity index is 1490. The van der Waals surface area contributed by atoms with E-state index in [2.05, 4.69) is 0 Å². The van der Waals surface area contributed by atoms with Gasteiger partial charge in [0.25, 0.3) is 5.91 Å². The highest BCUT2D eigenvalue weighted by Crippen LogP contribution is 2.32. The number of nitrogens with zero attached hydrogens (tertiary/aromatic N) is 4. The number of hydrogen-bond acceptors (Lipinski definition) is 7. The number of aromatic nitrogens is 1. The second-order valence-corrected chi connectivity index (χ2v) is 12.0. The first-order valence-corrected chi connectivity index (χ1v) is 14.5. The van der Waals surface area contributed by atoms with Gasteiger partial charge in [-0.05, 0) is 62.1 Å². The van der Waals surface area contributed by atoms with Crippen LogP contribution in [-0.4, -0.2) is 69.4 Å². The fourth-order valence-electron chi connectivity index (χ4n) is 3.95. The highest BCUT2D eigenvalue weighted by Gasteiger charge is 2.25. The third-order valence-corrected chi connectivity index (χ3v) is 9.10. The number of hydrogen-bond donors (Lipinski definition) is 0. The van der Waals surface area contributed by atoms with Crippen molar-refractivity contribution in [1.82, 2.24) is 14.2 Å². The third kappa shape index (κ3) is 6.21. The van der Waals surface area contributed by atoms with Gasteiger partial charge in [0.1, 0.15) is 5.75 Å². The topological polar surface area (TPSA) is 83.1 Å². The second kappa shape index (κ2) is 12.0. The van der Waals surface area contributed by atoms with E-state index in [0.717, 1.165) is 21.5 Å². The van der Waals surface area contributed by atoms with Crippen LogP contribution in [0.3, 0.4) is 0 Å². The minimum absolute atomic E-state index is 0.152. The van der Waals surface area contributed by atoms with Crippen LogP contribution < -0.4 is 9.64 Å². The molecule has 0 fully saturated rings. The summed E-state index contributed by atoms with van der Waals surface area (Å²) in [5.41, 5.74) is 2.09. The van der Waals surface area contributed by atoms with Gasteiger partial charge in [-0.2, -0.15) is 4.31 Å². The van der Waals surface area contributed by atoms with Gasteiger partial charge in [0, 0.05) is 31.7 Å². The first-order valence-electron chi connectivity index (χ1n) is 12.3. The smallest absolute Gasteiger partial charge is 0.260 e. The Balaban J connectivity index is 1.60. The van der Waals surface area contributed by atoms with Crippen LogP contribution in [0.15, 0.2) is 77.7 Å². The van der Waals surface area contributed by atoms with Gasteiger partial charge in [0.2, 0.25) is 10.0 Å². The maximum absolute atomic E-state index is 13.6. The summed E-state index contributed by atoms with van der Waals surface area (Å²) in [6.07, 6.45) is 0. The largest absolute Gasteiger partial charge is 0.497 e. The molecule has 0 aliphatic rings. The van der Waals surface area contributed by atoms with Crippen LogP contribution in [0.1, 0.15) is 22.8 Å². The molecule has 4 rings (SSSR count). The number of methoxy groups -OCH3 is 1. The van der Waals surface area contributed by atoms with Gasteiger partial charge in [-0.3, -0.25) is 9.69 Å². The summed E-state index contributed by atoms with van der Waals surface area (Å²) >= 11 is 1.42. The van der Waals surface area contributed by atoms with Gasteiger partial charge in [0.15, 0.2) is 5.13 Å². The minimum Gasteiger partial charge on any atom is -0.497 e. The van der Waals surface area contributed by atoms with Crippen LogP contribution in [-0.2, 0) is 16.6 Å². The molecule has 0 unspecified atom stereocenters. The first-order chi connectivity index (χ1) is 18.2. The fourth-order valence-corrected chi connectivity index (χ4v) is 6.40. The number of rotatable bonds is 11. The normalized spacial score (nSPS) is 11.8. The van der Waals surface area contributed by atoms with Gasteiger partial charge in [-0.1, -0.05) is 48.6 Å². The van der Waals surface area contributed by atoms with Crippen LogP contribution in [0.4, 0.5) is 5.13 Å². The van der Waals surface area contributed by atoms with E-state index < -0.39 is 10.0 Å². The lowest BCUT2D eigenvalue weighted by molar-refractivity contribution is 0.0985. The zero-order valence-corrected chi connectivity index (χ0v) is 23.6. The summed E-state index contributed by atoms with van der Waals surface area (Å²) < 4.78 is 34.3. The van der Waals surface area contributed by atoms with Gasteiger partial charge in [-0.25, -0.2) is 13.4 Å². The first kappa shape index (κ1) is 27.7. The molecular formula is C28H32N4O4S2. The van der Waals surface area contributed by atoms with Crippen LogP contribution >= 0.6 is 11.3 Å². The Morgan fingerprint density at radius 1 is 0.974 bits per heavy atom. The highest BCUT2D eigenvalue weighted by atomic mass is 32.2. The number of ether oxygens (including phenoxy) is 1. The van der Waals surface area contributed by atoms with Crippen molar-refractivity contribution in [2.75, 3.05) is 45.7 Å². The van der Waals surface area contributed by atoms with Gasteiger partial charge in [-0.15, -0.1) is 0 Å². The quantitative estimate of drug-likeness (QED) is 0.268. The molecular weight excluding hydrogens is 520 g/mol. The SMILES string of the molecule is CCN(Cc1ccccc1)S(=O)(=O)c1ccc(C(=O)N(CCN(C)C)c2nc3ccc(OC)cc3s2)cc1. The van der Waals surface area contributed by atoms with Crippen molar-refractivity contribution >= 4 is 42.6 Å². The summed E-state index contributed by atoms with van der Waals surface area (Å²) in [7, 11) is 1.77. The van der Waals surface area contributed by atoms with Gasteiger partial charge < -0.3 is 9.64 Å².